The Morgan fingerprint density at radius 1 is 1.53 bits per heavy atom. The molecule has 0 radical (unpaired) electrons. The van der Waals surface area contributed by atoms with Crippen LogP contribution in [0.15, 0.2) is 12.1 Å². The molecule has 1 fully saturated rings. The summed E-state index contributed by atoms with van der Waals surface area (Å²) in [4.78, 5) is 2.86. The maximum absolute atomic E-state index is 5.76. The largest absolute Gasteiger partial charge is 0.378 e. The van der Waals surface area contributed by atoms with E-state index in [2.05, 4.69) is 31.3 Å². The fourth-order valence-electron chi connectivity index (χ4n) is 2.35. The maximum Gasteiger partial charge on any atom is 0.0594 e. The van der Waals surface area contributed by atoms with E-state index in [9.17, 15) is 0 Å². The van der Waals surface area contributed by atoms with Crippen LogP contribution in [-0.2, 0) is 4.74 Å². The molecule has 2 rings (SSSR count). The van der Waals surface area contributed by atoms with Crippen LogP contribution in [-0.4, -0.2) is 19.3 Å². The summed E-state index contributed by atoms with van der Waals surface area (Å²) < 4.78 is 5.76. The number of aryl methyl sites for hydroxylation is 1. The summed E-state index contributed by atoms with van der Waals surface area (Å²) in [6.07, 6.45) is 5.24. The summed E-state index contributed by atoms with van der Waals surface area (Å²) in [5.74, 6) is 0. The van der Waals surface area contributed by atoms with Gasteiger partial charge < -0.3 is 10.1 Å². The van der Waals surface area contributed by atoms with Gasteiger partial charge in [0.15, 0.2) is 0 Å². The Morgan fingerprint density at radius 2 is 2.41 bits per heavy atom. The summed E-state index contributed by atoms with van der Waals surface area (Å²) in [6.45, 7) is 6.44. The lowest BCUT2D eigenvalue weighted by Crippen LogP contribution is -2.25. The molecular weight excluding hydrogens is 230 g/mol. The topological polar surface area (TPSA) is 21.3 Å². The molecule has 0 spiro atoms. The van der Waals surface area contributed by atoms with Gasteiger partial charge in [-0.05, 0) is 51.3 Å². The Labute approximate surface area is 108 Å². The smallest absolute Gasteiger partial charge is 0.0594 e. The quantitative estimate of drug-likeness (QED) is 0.835. The van der Waals surface area contributed by atoms with Gasteiger partial charge in [-0.1, -0.05) is 6.92 Å². The fraction of sp³-hybridized carbons (Fsp3) is 0.714. The highest BCUT2D eigenvalue weighted by molar-refractivity contribution is 7.12. The molecular formula is C14H23NOS. The van der Waals surface area contributed by atoms with Gasteiger partial charge in [0.2, 0.25) is 0 Å². The van der Waals surface area contributed by atoms with Crippen molar-refractivity contribution in [2.24, 2.45) is 0 Å². The highest BCUT2D eigenvalue weighted by Gasteiger charge is 2.22. The van der Waals surface area contributed by atoms with Crippen LogP contribution in [0.4, 0.5) is 0 Å². The molecule has 1 aromatic heterocycles. The van der Waals surface area contributed by atoms with E-state index in [1.807, 2.05) is 11.3 Å². The van der Waals surface area contributed by atoms with Gasteiger partial charge in [-0.3, -0.25) is 0 Å². The summed E-state index contributed by atoms with van der Waals surface area (Å²) >= 11 is 1.91. The fourth-order valence-corrected chi connectivity index (χ4v) is 3.32. The molecule has 2 atom stereocenters. The number of rotatable bonds is 6. The van der Waals surface area contributed by atoms with Gasteiger partial charge in [0.25, 0.3) is 0 Å². The number of ether oxygens (including phenoxy) is 1. The Morgan fingerprint density at radius 3 is 3.00 bits per heavy atom. The van der Waals surface area contributed by atoms with Crippen LogP contribution >= 0.6 is 11.3 Å². The van der Waals surface area contributed by atoms with Gasteiger partial charge in [0, 0.05) is 22.4 Å². The summed E-state index contributed by atoms with van der Waals surface area (Å²) in [5, 5.41) is 3.66. The van der Waals surface area contributed by atoms with Gasteiger partial charge in [-0.2, -0.15) is 0 Å². The van der Waals surface area contributed by atoms with E-state index in [4.69, 9.17) is 4.74 Å². The van der Waals surface area contributed by atoms with Crippen LogP contribution in [0.2, 0.25) is 0 Å². The monoisotopic (exact) mass is 253 g/mol. The summed E-state index contributed by atoms with van der Waals surface area (Å²) in [5.41, 5.74) is 0. The SMILES string of the molecule is CCCNC(CC1CCCO1)c1ccc(C)s1. The molecule has 1 aromatic rings. The molecule has 17 heavy (non-hydrogen) atoms. The third-order valence-electron chi connectivity index (χ3n) is 3.27. The molecule has 3 heteroatoms. The first-order chi connectivity index (χ1) is 8.29. The number of hydrogen-bond acceptors (Lipinski definition) is 3. The number of nitrogens with one attached hydrogen (secondary N) is 1. The highest BCUT2D eigenvalue weighted by atomic mass is 32.1. The minimum atomic E-state index is 0.465. The van der Waals surface area contributed by atoms with Gasteiger partial charge >= 0.3 is 0 Å². The molecule has 0 aromatic carbocycles. The first-order valence-electron chi connectivity index (χ1n) is 6.71. The van der Waals surface area contributed by atoms with Crippen molar-refractivity contribution in [2.45, 2.75) is 51.7 Å². The Kier molecular flexibility index (Phi) is 5.01. The van der Waals surface area contributed by atoms with Crippen molar-refractivity contribution in [1.29, 1.82) is 0 Å². The van der Waals surface area contributed by atoms with Crippen molar-refractivity contribution in [2.75, 3.05) is 13.2 Å². The van der Waals surface area contributed by atoms with Crippen molar-refractivity contribution in [3.63, 3.8) is 0 Å². The van der Waals surface area contributed by atoms with Crippen molar-refractivity contribution in [3.8, 4) is 0 Å². The molecule has 0 bridgehead atoms. The third-order valence-corrected chi connectivity index (χ3v) is 4.38. The standard InChI is InChI=1S/C14H23NOS/c1-3-8-15-13(10-12-5-4-9-16-12)14-7-6-11(2)17-14/h6-7,12-13,15H,3-5,8-10H2,1-2H3. The average Bonchev–Trinajstić information content (AvgIpc) is 2.95. The molecule has 0 amide bonds. The Balaban J connectivity index is 1.96. The lowest BCUT2D eigenvalue weighted by Gasteiger charge is -2.20. The molecule has 1 aliphatic heterocycles. The van der Waals surface area contributed by atoms with Gasteiger partial charge in [-0.25, -0.2) is 0 Å². The maximum atomic E-state index is 5.76. The second kappa shape index (κ2) is 6.53. The zero-order valence-electron chi connectivity index (χ0n) is 10.9. The van der Waals surface area contributed by atoms with E-state index in [0.717, 1.165) is 19.6 Å². The average molecular weight is 253 g/mol. The lowest BCUT2D eigenvalue weighted by molar-refractivity contribution is 0.0949. The van der Waals surface area contributed by atoms with Crippen LogP contribution in [0.5, 0.6) is 0 Å². The number of hydrogen-bond donors (Lipinski definition) is 1. The molecule has 1 N–H and O–H groups in total. The number of thiophene rings is 1. The van der Waals surface area contributed by atoms with E-state index in [-0.39, 0.29) is 0 Å². The van der Waals surface area contributed by atoms with Crippen LogP contribution in [0, 0.1) is 6.92 Å². The van der Waals surface area contributed by atoms with E-state index in [0.29, 0.717) is 12.1 Å². The summed E-state index contributed by atoms with van der Waals surface area (Å²) in [7, 11) is 0. The zero-order chi connectivity index (χ0) is 12.1. The van der Waals surface area contributed by atoms with Gasteiger partial charge in [0.05, 0.1) is 6.10 Å². The molecule has 2 nitrogen and oxygen atoms in total. The molecule has 0 aliphatic carbocycles. The van der Waals surface area contributed by atoms with Crippen molar-refractivity contribution >= 4 is 11.3 Å². The molecule has 0 saturated carbocycles. The van der Waals surface area contributed by atoms with Crippen LogP contribution in [0.25, 0.3) is 0 Å². The van der Waals surface area contributed by atoms with Crippen molar-refractivity contribution < 1.29 is 4.74 Å². The van der Waals surface area contributed by atoms with Crippen molar-refractivity contribution in [3.05, 3.63) is 21.9 Å². The highest BCUT2D eigenvalue weighted by Crippen LogP contribution is 2.29. The molecule has 2 heterocycles. The van der Waals surface area contributed by atoms with E-state index in [1.54, 1.807) is 0 Å². The normalized spacial score (nSPS) is 21.9. The predicted octanol–water partition coefficient (Wildman–Crippen LogP) is 3.67. The zero-order valence-corrected chi connectivity index (χ0v) is 11.7. The first-order valence-corrected chi connectivity index (χ1v) is 7.52. The third kappa shape index (κ3) is 3.80. The minimum absolute atomic E-state index is 0.465. The van der Waals surface area contributed by atoms with Gasteiger partial charge in [0.1, 0.15) is 0 Å². The Hall–Kier alpha value is -0.380. The van der Waals surface area contributed by atoms with Crippen molar-refractivity contribution in [1.82, 2.24) is 5.32 Å². The second-order valence-corrected chi connectivity index (χ2v) is 6.15. The molecule has 96 valence electrons. The van der Waals surface area contributed by atoms with E-state index >= 15 is 0 Å². The van der Waals surface area contributed by atoms with Gasteiger partial charge in [-0.15, -0.1) is 11.3 Å². The molecule has 1 aliphatic rings. The first kappa shape index (κ1) is 13.1. The van der Waals surface area contributed by atoms with E-state index in [1.165, 1.54) is 29.0 Å². The minimum Gasteiger partial charge on any atom is -0.378 e. The van der Waals surface area contributed by atoms with Crippen LogP contribution < -0.4 is 5.32 Å². The summed E-state index contributed by atoms with van der Waals surface area (Å²) in [6, 6.07) is 4.97. The Bertz CT molecular complexity index is 331. The lowest BCUT2D eigenvalue weighted by atomic mass is 10.1. The predicted molar refractivity (Wildman–Crippen MR) is 73.7 cm³/mol. The molecule has 1 saturated heterocycles. The van der Waals surface area contributed by atoms with Crippen LogP contribution in [0.3, 0.4) is 0 Å². The van der Waals surface area contributed by atoms with Crippen LogP contribution in [0.1, 0.15) is 48.4 Å². The van der Waals surface area contributed by atoms with E-state index < -0.39 is 0 Å². The molecule has 2 unspecified atom stereocenters. The second-order valence-electron chi connectivity index (χ2n) is 4.83.